The molecule has 0 fully saturated rings. The van der Waals surface area contributed by atoms with Crippen LogP contribution in [0.2, 0.25) is 0 Å². The number of methoxy groups -OCH3 is 2. The molecule has 1 aromatic carbocycles. The van der Waals surface area contributed by atoms with E-state index in [1.165, 1.54) is 22.7 Å². The minimum atomic E-state index is 0.702. The average molecular weight is 306 g/mol. The highest BCUT2D eigenvalue weighted by Gasteiger charge is 2.20. The van der Waals surface area contributed by atoms with Crippen molar-refractivity contribution in [1.82, 2.24) is 14.5 Å². The molecule has 1 aliphatic heterocycles. The summed E-state index contributed by atoms with van der Waals surface area (Å²) < 4.78 is 14.6. The second kappa shape index (κ2) is 5.87. The number of hydrogen-bond acceptors (Lipinski definition) is 7. The molecule has 21 heavy (non-hydrogen) atoms. The fourth-order valence-electron chi connectivity index (χ4n) is 2.61. The van der Waals surface area contributed by atoms with E-state index in [-0.39, 0.29) is 0 Å². The van der Waals surface area contributed by atoms with E-state index in [1.54, 1.807) is 14.2 Å². The molecule has 112 valence electrons. The monoisotopic (exact) mass is 306 g/mol. The van der Waals surface area contributed by atoms with Crippen LogP contribution in [0.1, 0.15) is 16.8 Å². The van der Waals surface area contributed by atoms with Crippen molar-refractivity contribution in [3.8, 4) is 11.5 Å². The van der Waals surface area contributed by atoms with Crippen LogP contribution in [0.4, 0.5) is 5.00 Å². The Balaban J connectivity index is 1.80. The first-order chi connectivity index (χ1) is 10.2. The van der Waals surface area contributed by atoms with Crippen LogP contribution in [0.25, 0.3) is 0 Å². The standard InChI is InChI=1S/C14H18N4O2S/c1-19-12-5-9-3-4-18(7-10(9)6-13(12)20-2)8-11-14(15)21-17-16-11/h5-6H,3-4,7-8,15H2,1-2H3. The lowest BCUT2D eigenvalue weighted by Gasteiger charge is -2.28. The molecule has 0 saturated carbocycles. The summed E-state index contributed by atoms with van der Waals surface area (Å²) in [5, 5.41) is 4.79. The molecule has 0 unspecified atom stereocenters. The van der Waals surface area contributed by atoms with Gasteiger partial charge in [0.2, 0.25) is 0 Å². The number of anilines is 1. The summed E-state index contributed by atoms with van der Waals surface area (Å²) in [6.07, 6.45) is 0.979. The van der Waals surface area contributed by atoms with E-state index in [0.717, 1.165) is 43.2 Å². The molecule has 0 spiro atoms. The summed E-state index contributed by atoms with van der Waals surface area (Å²) in [6, 6.07) is 4.13. The van der Waals surface area contributed by atoms with Crippen LogP contribution in [0.5, 0.6) is 11.5 Å². The van der Waals surface area contributed by atoms with E-state index in [0.29, 0.717) is 5.00 Å². The normalized spacial score (nSPS) is 14.8. The summed E-state index contributed by atoms with van der Waals surface area (Å²) >= 11 is 1.24. The first kappa shape index (κ1) is 14.1. The van der Waals surface area contributed by atoms with Gasteiger partial charge in [0, 0.05) is 31.2 Å². The van der Waals surface area contributed by atoms with Crippen molar-refractivity contribution in [3.05, 3.63) is 29.0 Å². The number of nitrogen functional groups attached to an aromatic ring is 1. The predicted molar refractivity (Wildman–Crippen MR) is 81.7 cm³/mol. The number of benzene rings is 1. The van der Waals surface area contributed by atoms with Crippen molar-refractivity contribution in [1.29, 1.82) is 0 Å². The third-order valence-electron chi connectivity index (χ3n) is 3.76. The quantitative estimate of drug-likeness (QED) is 0.927. The Hall–Kier alpha value is -1.86. The molecule has 0 aliphatic carbocycles. The van der Waals surface area contributed by atoms with Gasteiger partial charge >= 0.3 is 0 Å². The van der Waals surface area contributed by atoms with Crippen molar-refractivity contribution in [3.63, 3.8) is 0 Å². The minimum Gasteiger partial charge on any atom is -0.493 e. The van der Waals surface area contributed by atoms with Crippen LogP contribution >= 0.6 is 11.5 Å². The number of ether oxygens (including phenoxy) is 2. The Bertz CT molecular complexity index is 644. The van der Waals surface area contributed by atoms with Gasteiger partial charge in [0.25, 0.3) is 0 Å². The highest BCUT2D eigenvalue weighted by molar-refractivity contribution is 7.09. The number of nitrogens with zero attached hydrogens (tertiary/aromatic N) is 3. The van der Waals surface area contributed by atoms with E-state index in [9.17, 15) is 0 Å². The fraction of sp³-hybridized carbons (Fsp3) is 0.429. The number of aromatic nitrogens is 2. The summed E-state index contributed by atoms with van der Waals surface area (Å²) in [7, 11) is 3.32. The molecular formula is C14H18N4O2S. The summed E-state index contributed by atoms with van der Waals surface area (Å²) in [4.78, 5) is 2.32. The molecule has 0 saturated heterocycles. The third-order valence-corrected chi connectivity index (χ3v) is 4.35. The number of fused-ring (bicyclic) bond motifs is 1. The second-order valence-corrected chi connectivity index (χ2v) is 5.81. The Morgan fingerprint density at radius 1 is 1.24 bits per heavy atom. The van der Waals surface area contributed by atoms with Crippen LogP contribution in [0.15, 0.2) is 12.1 Å². The van der Waals surface area contributed by atoms with E-state index < -0.39 is 0 Å². The van der Waals surface area contributed by atoms with Crippen LogP contribution < -0.4 is 15.2 Å². The van der Waals surface area contributed by atoms with Crippen LogP contribution in [-0.4, -0.2) is 35.3 Å². The van der Waals surface area contributed by atoms with Gasteiger partial charge in [0.1, 0.15) is 10.7 Å². The molecule has 1 aromatic heterocycles. The van der Waals surface area contributed by atoms with Gasteiger partial charge in [-0.1, -0.05) is 4.49 Å². The van der Waals surface area contributed by atoms with E-state index in [1.807, 2.05) is 0 Å². The Morgan fingerprint density at radius 3 is 2.57 bits per heavy atom. The largest absolute Gasteiger partial charge is 0.493 e. The van der Waals surface area contributed by atoms with Crippen LogP contribution in [-0.2, 0) is 19.5 Å². The number of nitrogens with two attached hydrogens (primary N) is 1. The van der Waals surface area contributed by atoms with Crippen molar-refractivity contribution in [2.75, 3.05) is 26.5 Å². The van der Waals surface area contributed by atoms with Crippen LogP contribution in [0, 0.1) is 0 Å². The van der Waals surface area contributed by atoms with Gasteiger partial charge in [-0.05, 0) is 29.7 Å². The topological polar surface area (TPSA) is 73.5 Å². The van der Waals surface area contributed by atoms with E-state index >= 15 is 0 Å². The minimum absolute atomic E-state index is 0.702. The Kier molecular flexibility index (Phi) is 3.94. The average Bonchev–Trinajstić information content (AvgIpc) is 2.91. The lowest BCUT2D eigenvalue weighted by molar-refractivity contribution is 0.241. The molecular weight excluding hydrogens is 288 g/mol. The zero-order valence-corrected chi connectivity index (χ0v) is 12.9. The first-order valence-electron chi connectivity index (χ1n) is 6.74. The van der Waals surface area contributed by atoms with Crippen molar-refractivity contribution >= 4 is 16.5 Å². The zero-order valence-electron chi connectivity index (χ0n) is 12.1. The summed E-state index contributed by atoms with van der Waals surface area (Å²) in [6.45, 7) is 2.56. The van der Waals surface area contributed by atoms with Gasteiger partial charge in [0.15, 0.2) is 11.5 Å². The molecule has 3 rings (SSSR count). The Morgan fingerprint density at radius 2 is 1.95 bits per heavy atom. The molecule has 0 bridgehead atoms. The lowest BCUT2D eigenvalue weighted by Crippen LogP contribution is -2.30. The molecule has 7 heteroatoms. The SMILES string of the molecule is COc1cc2c(cc1OC)CN(Cc1nnsc1N)CC2. The molecule has 2 aromatic rings. The van der Waals surface area contributed by atoms with Crippen molar-refractivity contribution < 1.29 is 9.47 Å². The van der Waals surface area contributed by atoms with Gasteiger partial charge in [-0.15, -0.1) is 5.10 Å². The van der Waals surface area contributed by atoms with Gasteiger partial charge in [0.05, 0.1) is 14.2 Å². The molecule has 1 aliphatic rings. The number of hydrogen-bond donors (Lipinski definition) is 1. The zero-order chi connectivity index (χ0) is 14.8. The van der Waals surface area contributed by atoms with Crippen molar-refractivity contribution in [2.24, 2.45) is 0 Å². The molecule has 2 heterocycles. The molecule has 0 radical (unpaired) electrons. The van der Waals surface area contributed by atoms with Gasteiger partial charge in [-0.3, -0.25) is 4.90 Å². The lowest BCUT2D eigenvalue weighted by atomic mass is 9.98. The Labute approximate surface area is 127 Å². The molecule has 0 atom stereocenters. The molecule has 0 amide bonds. The summed E-state index contributed by atoms with van der Waals surface area (Å²) in [5.74, 6) is 1.56. The maximum atomic E-state index is 5.87. The van der Waals surface area contributed by atoms with Crippen LogP contribution in [0.3, 0.4) is 0 Å². The van der Waals surface area contributed by atoms with Gasteiger partial charge < -0.3 is 15.2 Å². The highest BCUT2D eigenvalue weighted by Crippen LogP contribution is 2.33. The first-order valence-corrected chi connectivity index (χ1v) is 7.51. The van der Waals surface area contributed by atoms with Gasteiger partial charge in [-0.25, -0.2) is 0 Å². The second-order valence-electron chi connectivity index (χ2n) is 5.02. The highest BCUT2D eigenvalue weighted by atomic mass is 32.1. The predicted octanol–water partition coefficient (Wildman–Crippen LogP) is 1.70. The molecule has 2 N–H and O–H groups in total. The summed E-state index contributed by atoms with van der Waals surface area (Å²) in [5.41, 5.74) is 9.31. The molecule has 6 nitrogen and oxygen atoms in total. The van der Waals surface area contributed by atoms with E-state index in [2.05, 4.69) is 26.6 Å². The third kappa shape index (κ3) is 2.79. The van der Waals surface area contributed by atoms with Crippen molar-refractivity contribution in [2.45, 2.75) is 19.5 Å². The number of rotatable bonds is 4. The maximum Gasteiger partial charge on any atom is 0.161 e. The smallest absolute Gasteiger partial charge is 0.161 e. The maximum absolute atomic E-state index is 5.87. The van der Waals surface area contributed by atoms with Gasteiger partial charge in [-0.2, -0.15) is 0 Å². The van der Waals surface area contributed by atoms with E-state index in [4.69, 9.17) is 15.2 Å². The fourth-order valence-corrected chi connectivity index (χ4v) is 3.05.